The molecule has 4 nitrogen and oxygen atoms in total. The molecule has 0 fully saturated rings. The molecular formula is C13H13N3O. The van der Waals surface area contributed by atoms with E-state index in [-0.39, 0.29) is 0 Å². The summed E-state index contributed by atoms with van der Waals surface area (Å²) in [7, 11) is 0. The maximum absolute atomic E-state index is 8.85. The lowest BCUT2D eigenvalue weighted by molar-refractivity contribution is 0.490. The Morgan fingerprint density at radius 2 is 2.18 bits per heavy atom. The van der Waals surface area contributed by atoms with Gasteiger partial charge in [-0.05, 0) is 38.1 Å². The summed E-state index contributed by atoms with van der Waals surface area (Å²) in [5, 5.41) is 12.0. The third-order valence-corrected chi connectivity index (χ3v) is 2.32. The highest BCUT2D eigenvalue weighted by Crippen LogP contribution is 2.12. The first-order valence-electron chi connectivity index (χ1n) is 5.35. The van der Waals surface area contributed by atoms with E-state index in [1.807, 2.05) is 26.0 Å². The van der Waals surface area contributed by atoms with Crippen LogP contribution in [0.25, 0.3) is 0 Å². The van der Waals surface area contributed by atoms with Crippen LogP contribution in [-0.2, 0) is 6.54 Å². The Morgan fingerprint density at radius 3 is 2.82 bits per heavy atom. The summed E-state index contributed by atoms with van der Waals surface area (Å²) in [5.74, 6) is 2.43. The van der Waals surface area contributed by atoms with Gasteiger partial charge in [0.25, 0.3) is 0 Å². The molecule has 0 spiro atoms. The molecule has 0 aliphatic carbocycles. The molecular weight excluding hydrogens is 214 g/mol. The number of hydrogen-bond acceptors (Lipinski definition) is 4. The highest BCUT2D eigenvalue weighted by molar-refractivity contribution is 5.44. The van der Waals surface area contributed by atoms with Crippen LogP contribution in [0.5, 0.6) is 0 Å². The van der Waals surface area contributed by atoms with Gasteiger partial charge in [0.15, 0.2) is 0 Å². The molecule has 0 saturated carbocycles. The molecule has 0 atom stereocenters. The van der Waals surface area contributed by atoms with Gasteiger partial charge in [-0.2, -0.15) is 5.26 Å². The van der Waals surface area contributed by atoms with Gasteiger partial charge in [-0.25, -0.2) is 4.98 Å². The quantitative estimate of drug-likeness (QED) is 0.875. The van der Waals surface area contributed by atoms with Crippen LogP contribution in [0.1, 0.15) is 22.8 Å². The van der Waals surface area contributed by atoms with Crippen LogP contribution < -0.4 is 5.32 Å². The molecule has 0 aliphatic rings. The van der Waals surface area contributed by atoms with Crippen LogP contribution in [0.4, 0.5) is 5.82 Å². The van der Waals surface area contributed by atoms with E-state index < -0.39 is 0 Å². The zero-order valence-electron chi connectivity index (χ0n) is 9.82. The van der Waals surface area contributed by atoms with Crippen molar-refractivity contribution < 1.29 is 4.42 Å². The number of pyridine rings is 1. The Balaban J connectivity index is 2.09. The van der Waals surface area contributed by atoms with Crippen molar-refractivity contribution in [1.82, 2.24) is 4.98 Å². The first kappa shape index (κ1) is 11.2. The first-order valence-corrected chi connectivity index (χ1v) is 5.35. The highest BCUT2D eigenvalue weighted by Gasteiger charge is 2.02. The van der Waals surface area contributed by atoms with Crippen molar-refractivity contribution in [3.05, 3.63) is 47.0 Å². The predicted molar refractivity (Wildman–Crippen MR) is 64.5 cm³/mol. The van der Waals surface area contributed by atoms with Crippen LogP contribution >= 0.6 is 0 Å². The van der Waals surface area contributed by atoms with E-state index in [2.05, 4.69) is 16.4 Å². The van der Waals surface area contributed by atoms with Crippen LogP contribution in [0.15, 0.2) is 28.7 Å². The van der Waals surface area contributed by atoms with Gasteiger partial charge in [-0.1, -0.05) is 0 Å². The van der Waals surface area contributed by atoms with Crippen LogP contribution in [0.2, 0.25) is 0 Å². The van der Waals surface area contributed by atoms with Gasteiger partial charge >= 0.3 is 0 Å². The molecule has 2 aromatic rings. The Hall–Kier alpha value is -2.28. The van der Waals surface area contributed by atoms with Gasteiger partial charge in [-0.15, -0.1) is 0 Å². The highest BCUT2D eigenvalue weighted by atomic mass is 16.3. The van der Waals surface area contributed by atoms with Crippen molar-refractivity contribution in [2.75, 3.05) is 5.32 Å². The molecule has 0 saturated heterocycles. The van der Waals surface area contributed by atoms with Gasteiger partial charge < -0.3 is 9.73 Å². The van der Waals surface area contributed by atoms with Crippen molar-refractivity contribution in [3.8, 4) is 6.07 Å². The lowest BCUT2D eigenvalue weighted by Crippen LogP contribution is -2.01. The second-order valence-electron chi connectivity index (χ2n) is 3.86. The smallest absolute Gasteiger partial charge is 0.127 e. The van der Waals surface area contributed by atoms with Crippen LogP contribution in [-0.4, -0.2) is 4.98 Å². The Morgan fingerprint density at radius 1 is 1.35 bits per heavy atom. The number of furan rings is 1. The number of nitriles is 1. The summed E-state index contributed by atoms with van der Waals surface area (Å²) in [5.41, 5.74) is 1.43. The van der Waals surface area contributed by atoms with E-state index in [1.165, 1.54) is 0 Å². The third-order valence-electron chi connectivity index (χ3n) is 2.32. The topological polar surface area (TPSA) is 61.9 Å². The minimum atomic E-state index is 0.565. The Labute approximate surface area is 99.9 Å². The zero-order valence-corrected chi connectivity index (χ0v) is 9.82. The van der Waals surface area contributed by atoms with Gasteiger partial charge in [0.05, 0.1) is 18.2 Å². The van der Waals surface area contributed by atoms with E-state index in [1.54, 1.807) is 12.1 Å². The van der Waals surface area contributed by atoms with Crippen molar-refractivity contribution in [2.45, 2.75) is 20.4 Å². The molecule has 0 amide bonds. The van der Waals surface area contributed by atoms with Crippen molar-refractivity contribution in [1.29, 1.82) is 5.26 Å². The molecule has 2 aromatic heterocycles. The molecule has 0 unspecified atom stereocenters. The lowest BCUT2D eigenvalue weighted by Gasteiger charge is -2.05. The summed E-state index contributed by atoms with van der Waals surface area (Å²) in [6, 6.07) is 9.42. The normalized spacial score (nSPS) is 9.94. The zero-order chi connectivity index (χ0) is 12.3. The first-order chi connectivity index (χ1) is 8.17. The average molecular weight is 227 g/mol. The standard InChI is InChI=1S/C13H13N3O/c1-9-5-11(7-14)6-13(16-9)15-8-12-4-3-10(2)17-12/h3-6H,8H2,1-2H3,(H,15,16). The number of aryl methyl sites for hydroxylation is 2. The van der Waals surface area contributed by atoms with E-state index in [4.69, 9.17) is 9.68 Å². The fraction of sp³-hybridized carbons (Fsp3) is 0.231. The Kier molecular flexibility index (Phi) is 3.10. The SMILES string of the molecule is Cc1cc(C#N)cc(NCc2ccc(C)o2)n1. The van der Waals surface area contributed by atoms with E-state index >= 15 is 0 Å². The fourth-order valence-electron chi connectivity index (χ4n) is 1.58. The molecule has 0 bridgehead atoms. The number of anilines is 1. The largest absolute Gasteiger partial charge is 0.465 e. The van der Waals surface area contributed by atoms with E-state index in [0.29, 0.717) is 17.9 Å². The van der Waals surface area contributed by atoms with E-state index in [0.717, 1.165) is 17.2 Å². The molecule has 86 valence electrons. The number of nitrogens with one attached hydrogen (secondary N) is 1. The number of rotatable bonds is 3. The molecule has 0 aromatic carbocycles. The Bertz CT molecular complexity index is 566. The number of hydrogen-bond donors (Lipinski definition) is 1. The number of aromatic nitrogens is 1. The maximum Gasteiger partial charge on any atom is 0.127 e. The second-order valence-corrected chi connectivity index (χ2v) is 3.86. The lowest BCUT2D eigenvalue weighted by atomic mass is 10.2. The molecule has 0 aliphatic heterocycles. The monoisotopic (exact) mass is 227 g/mol. The van der Waals surface area contributed by atoms with Gasteiger partial charge in [0.2, 0.25) is 0 Å². The third kappa shape index (κ3) is 2.85. The summed E-state index contributed by atoms with van der Waals surface area (Å²) >= 11 is 0. The summed E-state index contributed by atoms with van der Waals surface area (Å²) in [4.78, 5) is 4.30. The molecule has 2 rings (SSSR count). The van der Waals surface area contributed by atoms with Crippen molar-refractivity contribution in [2.24, 2.45) is 0 Å². The summed E-state index contributed by atoms with van der Waals surface area (Å²) in [6.07, 6.45) is 0. The van der Waals surface area contributed by atoms with E-state index in [9.17, 15) is 0 Å². The molecule has 4 heteroatoms. The van der Waals surface area contributed by atoms with Gasteiger partial charge in [-0.3, -0.25) is 0 Å². The van der Waals surface area contributed by atoms with Crippen molar-refractivity contribution >= 4 is 5.82 Å². The van der Waals surface area contributed by atoms with Crippen molar-refractivity contribution in [3.63, 3.8) is 0 Å². The van der Waals surface area contributed by atoms with Crippen LogP contribution in [0, 0.1) is 25.2 Å². The number of nitrogens with zero attached hydrogens (tertiary/aromatic N) is 2. The minimum absolute atomic E-state index is 0.565. The van der Waals surface area contributed by atoms with Gasteiger partial charge in [0.1, 0.15) is 17.3 Å². The second kappa shape index (κ2) is 4.71. The van der Waals surface area contributed by atoms with Crippen LogP contribution in [0.3, 0.4) is 0 Å². The predicted octanol–water partition coefficient (Wildman–Crippen LogP) is 2.78. The fourth-order valence-corrected chi connectivity index (χ4v) is 1.58. The molecule has 2 heterocycles. The molecule has 1 N–H and O–H groups in total. The summed E-state index contributed by atoms with van der Waals surface area (Å²) < 4.78 is 5.44. The maximum atomic E-state index is 8.85. The minimum Gasteiger partial charge on any atom is -0.465 e. The average Bonchev–Trinajstić information content (AvgIpc) is 2.72. The molecule has 17 heavy (non-hydrogen) atoms. The summed E-state index contributed by atoms with van der Waals surface area (Å²) in [6.45, 7) is 4.33. The van der Waals surface area contributed by atoms with Gasteiger partial charge in [0, 0.05) is 5.69 Å². The molecule has 0 radical (unpaired) electrons.